The van der Waals surface area contributed by atoms with Crippen LogP contribution in [0.2, 0.25) is 0 Å². The van der Waals surface area contributed by atoms with Crippen LogP contribution < -0.4 is 5.32 Å². The summed E-state index contributed by atoms with van der Waals surface area (Å²) in [6, 6.07) is 13.0. The van der Waals surface area contributed by atoms with Crippen LogP contribution in [0, 0.1) is 0 Å². The lowest BCUT2D eigenvalue weighted by molar-refractivity contribution is 0.0911. The number of amides is 1. The van der Waals surface area contributed by atoms with Gasteiger partial charge in [-0.1, -0.05) is 36.4 Å². The number of aliphatic hydroxyl groups is 1. The van der Waals surface area contributed by atoms with Gasteiger partial charge in [-0.25, -0.2) is 0 Å². The average molecular weight is 287 g/mol. The second-order valence-electron chi connectivity index (χ2n) is 4.71. The lowest BCUT2D eigenvalue weighted by atomic mass is 10.1. The summed E-state index contributed by atoms with van der Waals surface area (Å²) < 4.78 is 0. The summed E-state index contributed by atoms with van der Waals surface area (Å²) in [7, 11) is 0. The third-order valence-electron chi connectivity index (χ3n) is 3.13. The molecular formula is C16H17NO4. The fourth-order valence-corrected chi connectivity index (χ4v) is 2.08. The van der Waals surface area contributed by atoms with Crippen molar-refractivity contribution in [3.05, 3.63) is 59.7 Å². The van der Waals surface area contributed by atoms with Crippen LogP contribution in [-0.2, 0) is 6.42 Å². The molecule has 21 heavy (non-hydrogen) atoms. The van der Waals surface area contributed by atoms with Crippen molar-refractivity contribution in [2.75, 3.05) is 6.61 Å². The molecule has 1 atom stereocenters. The van der Waals surface area contributed by atoms with Crippen molar-refractivity contribution >= 4 is 5.91 Å². The van der Waals surface area contributed by atoms with Crippen molar-refractivity contribution in [3.63, 3.8) is 0 Å². The van der Waals surface area contributed by atoms with Crippen LogP contribution in [0.4, 0.5) is 0 Å². The molecule has 0 saturated heterocycles. The van der Waals surface area contributed by atoms with E-state index < -0.39 is 11.9 Å². The summed E-state index contributed by atoms with van der Waals surface area (Å²) >= 11 is 0. The molecule has 5 nitrogen and oxygen atoms in total. The quantitative estimate of drug-likeness (QED) is 0.669. The molecule has 110 valence electrons. The van der Waals surface area contributed by atoms with Gasteiger partial charge in [0.25, 0.3) is 5.91 Å². The summed E-state index contributed by atoms with van der Waals surface area (Å²) in [5, 5.41) is 31.3. The molecule has 0 bridgehead atoms. The van der Waals surface area contributed by atoms with Gasteiger partial charge in [0.2, 0.25) is 0 Å². The molecule has 0 aliphatic heterocycles. The van der Waals surface area contributed by atoms with Crippen molar-refractivity contribution in [1.82, 2.24) is 5.32 Å². The molecule has 2 aromatic rings. The Kier molecular flexibility index (Phi) is 4.79. The molecule has 1 amide bonds. The fraction of sp³-hybridized carbons (Fsp3) is 0.188. The monoisotopic (exact) mass is 287 g/mol. The normalized spacial score (nSPS) is 11.9. The molecule has 0 spiro atoms. The van der Waals surface area contributed by atoms with Crippen molar-refractivity contribution in [2.45, 2.75) is 12.5 Å². The molecule has 0 aromatic heterocycles. The highest BCUT2D eigenvalue weighted by Crippen LogP contribution is 2.26. The third-order valence-corrected chi connectivity index (χ3v) is 3.13. The topological polar surface area (TPSA) is 89.8 Å². The first kappa shape index (κ1) is 14.9. The van der Waals surface area contributed by atoms with Gasteiger partial charge < -0.3 is 20.6 Å². The smallest absolute Gasteiger partial charge is 0.259 e. The van der Waals surface area contributed by atoms with Crippen LogP contribution in [0.25, 0.3) is 0 Å². The molecule has 2 rings (SSSR count). The van der Waals surface area contributed by atoms with E-state index in [9.17, 15) is 20.1 Å². The molecule has 0 aliphatic carbocycles. The van der Waals surface area contributed by atoms with E-state index in [2.05, 4.69) is 5.32 Å². The van der Waals surface area contributed by atoms with Gasteiger partial charge in [-0.15, -0.1) is 0 Å². The van der Waals surface area contributed by atoms with Crippen LogP contribution in [0.15, 0.2) is 48.5 Å². The summed E-state index contributed by atoms with van der Waals surface area (Å²) in [4.78, 5) is 12.1. The maximum atomic E-state index is 12.1. The number of aliphatic hydroxyl groups excluding tert-OH is 1. The van der Waals surface area contributed by atoms with Gasteiger partial charge in [0.15, 0.2) is 0 Å². The van der Waals surface area contributed by atoms with E-state index in [1.165, 1.54) is 18.2 Å². The van der Waals surface area contributed by atoms with Gasteiger partial charge in [-0.05, 0) is 24.1 Å². The Morgan fingerprint density at radius 2 is 1.62 bits per heavy atom. The van der Waals surface area contributed by atoms with E-state index in [0.717, 1.165) is 5.56 Å². The number of hydrogen-bond donors (Lipinski definition) is 4. The number of nitrogens with one attached hydrogen (secondary N) is 1. The fourth-order valence-electron chi connectivity index (χ4n) is 2.08. The van der Waals surface area contributed by atoms with Crippen LogP contribution in [0.3, 0.4) is 0 Å². The van der Waals surface area contributed by atoms with Gasteiger partial charge in [0.1, 0.15) is 17.1 Å². The second kappa shape index (κ2) is 6.76. The Bertz CT molecular complexity index is 593. The number of phenolic OH excluding ortho intramolecular Hbond substituents is 2. The standard InChI is InChI=1S/C16H17NO4/c18-10-12(9-11-5-2-1-3-6-11)17-16(21)15-13(19)7-4-8-14(15)20/h1-8,12,18-20H,9-10H2,(H,17,21)/t12-/m0/s1. The minimum atomic E-state index is -0.624. The molecule has 0 radical (unpaired) electrons. The van der Waals surface area contributed by atoms with Crippen LogP contribution in [0.5, 0.6) is 11.5 Å². The molecular weight excluding hydrogens is 270 g/mol. The highest BCUT2D eigenvalue weighted by atomic mass is 16.3. The van der Waals surface area contributed by atoms with E-state index in [0.29, 0.717) is 6.42 Å². The summed E-state index contributed by atoms with van der Waals surface area (Å²) in [5.41, 5.74) is 0.780. The zero-order chi connectivity index (χ0) is 15.2. The Morgan fingerprint density at radius 1 is 1.00 bits per heavy atom. The highest BCUT2D eigenvalue weighted by molar-refractivity contribution is 5.99. The van der Waals surface area contributed by atoms with Crippen molar-refractivity contribution in [2.24, 2.45) is 0 Å². The van der Waals surface area contributed by atoms with E-state index >= 15 is 0 Å². The van der Waals surface area contributed by atoms with Crippen molar-refractivity contribution < 1.29 is 20.1 Å². The lowest BCUT2D eigenvalue weighted by Gasteiger charge is -2.17. The second-order valence-corrected chi connectivity index (χ2v) is 4.71. The Balaban J connectivity index is 2.10. The first-order valence-electron chi connectivity index (χ1n) is 6.58. The number of benzene rings is 2. The predicted octanol–water partition coefficient (Wildman–Crippen LogP) is 1.43. The van der Waals surface area contributed by atoms with Gasteiger partial charge in [0.05, 0.1) is 12.6 Å². The molecule has 4 N–H and O–H groups in total. The largest absolute Gasteiger partial charge is 0.507 e. The number of carbonyl (C=O) groups is 1. The van der Waals surface area contributed by atoms with Gasteiger partial charge >= 0.3 is 0 Å². The summed E-state index contributed by atoms with van der Waals surface area (Å²) in [5.74, 6) is -1.23. The molecule has 0 aliphatic rings. The molecule has 5 heteroatoms. The average Bonchev–Trinajstić information content (AvgIpc) is 2.47. The Morgan fingerprint density at radius 3 is 2.19 bits per heavy atom. The summed E-state index contributed by atoms with van der Waals surface area (Å²) in [6.07, 6.45) is 0.456. The number of rotatable bonds is 5. The first-order valence-corrected chi connectivity index (χ1v) is 6.58. The number of phenols is 2. The number of aromatic hydroxyl groups is 2. The zero-order valence-electron chi connectivity index (χ0n) is 11.4. The molecule has 0 unspecified atom stereocenters. The minimum absolute atomic E-state index is 0.191. The van der Waals surface area contributed by atoms with Gasteiger partial charge in [-0.2, -0.15) is 0 Å². The van der Waals surface area contributed by atoms with E-state index in [4.69, 9.17) is 0 Å². The maximum Gasteiger partial charge on any atom is 0.259 e. The predicted molar refractivity (Wildman–Crippen MR) is 78.3 cm³/mol. The lowest BCUT2D eigenvalue weighted by Crippen LogP contribution is -2.39. The van der Waals surface area contributed by atoms with Crippen LogP contribution in [-0.4, -0.2) is 33.9 Å². The number of carbonyl (C=O) groups excluding carboxylic acids is 1. The first-order chi connectivity index (χ1) is 10.1. The third kappa shape index (κ3) is 3.73. The van der Waals surface area contributed by atoms with Crippen molar-refractivity contribution in [1.29, 1.82) is 0 Å². The van der Waals surface area contributed by atoms with E-state index in [1.54, 1.807) is 0 Å². The molecule has 2 aromatic carbocycles. The van der Waals surface area contributed by atoms with E-state index in [1.807, 2.05) is 30.3 Å². The molecule has 0 heterocycles. The minimum Gasteiger partial charge on any atom is -0.507 e. The zero-order valence-corrected chi connectivity index (χ0v) is 11.4. The van der Waals surface area contributed by atoms with Crippen LogP contribution in [0.1, 0.15) is 15.9 Å². The summed E-state index contributed by atoms with van der Waals surface area (Å²) in [6.45, 7) is -0.241. The maximum absolute atomic E-state index is 12.1. The highest BCUT2D eigenvalue weighted by Gasteiger charge is 2.19. The Labute approximate surface area is 122 Å². The SMILES string of the molecule is O=C(N[C@H](CO)Cc1ccccc1)c1c(O)cccc1O. The van der Waals surface area contributed by atoms with Gasteiger partial charge in [0, 0.05) is 0 Å². The van der Waals surface area contributed by atoms with Gasteiger partial charge in [-0.3, -0.25) is 4.79 Å². The molecule has 0 saturated carbocycles. The van der Waals surface area contributed by atoms with Crippen LogP contribution >= 0.6 is 0 Å². The van der Waals surface area contributed by atoms with E-state index in [-0.39, 0.29) is 23.7 Å². The van der Waals surface area contributed by atoms with Crippen molar-refractivity contribution in [3.8, 4) is 11.5 Å². The number of hydrogen-bond acceptors (Lipinski definition) is 4. The molecule has 0 fully saturated rings. The Hall–Kier alpha value is -2.53.